The summed E-state index contributed by atoms with van der Waals surface area (Å²) in [4.78, 5) is 16.3. The molecule has 30 heavy (non-hydrogen) atoms. The summed E-state index contributed by atoms with van der Waals surface area (Å²) >= 11 is 1.59. The van der Waals surface area contributed by atoms with Crippen LogP contribution in [0.4, 0.5) is 10.5 Å². The molecule has 0 saturated heterocycles. The Labute approximate surface area is 196 Å². The highest BCUT2D eigenvalue weighted by Gasteiger charge is 2.12. The second kappa shape index (κ2) is 11.7. The topological polar surface area (TPSA) is 95.0 Å². The average molecular weight is 540 g/mol. The van der Waals surface area contributed by atoms with Crippen LogP contribution in [0.15, 0.2) is 59.6 Å². The summed E-state index contributed by atoms with van der Waals surface area (Å²) in [6.07, 6.45) is -1.12. The highest BCUT2D eigenvalue weighted by molar-refractivity contribution is 14.0. The van der Waals surface area contributed by atoms with Gasteiger partial charge in [0, 0.05) is 35.4 Å². The third-order valence-electron chi connectivity index (χ3n) is 4.31. The zero-order valence-electron chi connectivity index (χ0n) is 16.7. The lowest BCUT2D eigenvalue weighted by Crippen LogP contribution is -2.38. The van der Waals surface area contributed by atoms with E-state index in [1.807, 2.05) is 36.4 Å². The maximum atomic E-state index is 11.2. The number of hydrogen-bond donors (Lipinski definition) is 4. The van der Waals surface area contributed by atoms with Crippen LogP contribution < -0.4 is 16.0 Å². The summed E-state index contributed by atoms with van der Waals surface area (Å²) in [7, 11) is 3.01. The number of fused-ring (bicyclic) bond motifs is 1. The number of aliphatic hydroxyl groups is 1. The summed E-state index contributed by atoms with van der Waals surface area (Å²) in [5, 5.41) is 20.6. The van der Waals surface area contributed by atoms with Crippen molar-refractivity contribution in [2.75, 3.05) is 26.0 Å². The largest absolute Gasteiger partial charge is 0.453 e. The Bertz CT molecular complexity index is 958. The van der Waals surface area contributed by atoms with Crippen molar-refractivity contribution in [1.82, 2.24) is 10.6 Å². The second-order valence-corrected chi connectivity index (χ2v) is 7.44. The van der Waals surface area contributed by atoms with Crippen LogP contribution in [-0.2, 0) is 11.3 Å². The fourth-order valence-corrected chi connectivity index (χ4v) is 3.79. The molecule has 0 fully saturated rings. The van der Waals surface area contributed by atoms with Gasteiger partial charge in [-0.15, -0.1) is 35.3 Å². The molecule has 1 atom stereocenters. The smallest absolute Gasteiger partial charge is 0.411 e. The number of methoxy groups -OCH3 is 1. The molecule has 9 heteroatoms. The first-order valence-corrected chi connectivity index (χ1v) is 9.95. The summed E-state index contributed by atoms with van der Waals surface area (Å²) in [6, 6.07) is 17.5. The number of thiophene rings is 1. The first-order chi connectivity index (χ1) is 14.1. The van der Waals surface area contributed by atoms with E-state index in [-0.39, 0.29) is 24.0 Å². The zero-order valence-corrected chi connectivity index (χ0v) is 19.9. The van der Waals surface area contributed by atoms with Crippen molar-refractivity contribution < 1.29 is 14.6 Å². The Balaban J connectivity index is 0.00000320. The summed E-state index contributed by atoms with van der Waals surface area (Å²) < 4.78 is 5.73. The molecule has 2 aromatic carbocycles. The van der Waals surface area contributed by atoms with Gasteiger partial charge in [-0.2, -0.15) is 0 Å². The Kier molecular flexibility index (Phi) is 9.34. The van der Waals surface area contributed by atoms with Crippen molar-refractivity contribution in [1.29, 1.82) is 0 Å². The minimum atomic E-state index is -0.616. The van der Waals surface area contributed by atoms with Gasteiger partial charge in [-0.3, -0.25) is 10.3 Å². The average Bonchev–Trinajstić information content (AvgIpc) is 3.19. The maximum Gasteiger partial charge on any atom is 0.411 e. The number of ether oxygens (including phenoxy) is 1. The highest BCUT2D eigenvalue weighted by atomic mass is 127. The molecule has 4 N–H and O–H groups in total. The number of carbonyl (C=O) groups is 1. The van der Waals surface area contributed by atoms with E-state index in [1.165, 1.54) is 7.11 Å². The molecular weight excluding hydrogens is 515 g/mol. The Hall–Kier alpha value is -2.37. The lowest BCUT2D eigenvalue weighted by Gasteiger charge is -2.15. The number of halogens is 1. The van der Waals surface area contributed by atoms with E-state index >= 15 is 0 Å². The number of carbonyl (C=O) groups excluding carboxylic acids is 1. The van der Waals surface area contributed by atoms with E-state index in [0.717, 1.165) is 20.5 Å². The normalized spacial score (nSPS) is 12.0. The van der Waals surface area contributed by atoms with Crippen LogP contribution in [0, 0.1) is 0 Å². The number of aliphatic hydroxyl groups excluding tert-OH is 1. The molecular formula is C21H25IN4O3S. The zero-order chi connectivity index (χ0) is 20.6. The lowest BCUT2D eigenvalue weighted by atomic mass is 10.2. The van der Waals surface area contributed by atoms with E-state index in [9.17, 15) is 9.90 Å². The lowest BCUT2D eigenvalue weighted by molar-refractivity contribution is 0.184. The number of aliphatic imine (C=N–C) groups is 1. The number of benzene rings is 2. The molecule has 1 unspecified atom stereocenters. The van der Waals surface area contributed by atoms with Gasteiger partial charge >= 0.3 is 6.09 Å². The summed E-state index contributed by atoms with van der Waals surface area (Å²) in [6.45, 7) is 0.908. The van der Waals surface area contributed by atoms with E-state index < -0.39 is 12.2 Å². The predicted octanol–water partition coefficient (Wildman–Crippen LogP) is 4.10. The minimum absolute atomic E-state index is 0. The van der Waals surface area contributed by atoms with Crippen LogP contribution in [0.5, 0.6) is 0 Å². The first-order valence-electron chi connectivity index (χ1n) is 9.14. The van der Waals surface area contributed by atoms with Gasteiger partial charge in [0.1, 0.15) is 6.10 Å². The molecule has 0 saturated carbocycles. The van der Waals surface area contributed by atoms with Crippen molar-refractivity contribution in [3.05, 3.63) is 65.0 Å². The van der Waals surface area contributed by atoms with Crippen LogP contribution in [0.3, 0.4) is 0 Å². The van der Waals surface area contributed by atoms with Crippen LogP contribution in [0.25, 0.3) is 10.1 Å². The highest BCUT2D eigenvalue weighted by Crippen LogP contribution is 2.29. The van der Waals surface area contributed by atoms with Gasteiger partial charge < -0.3 is 20.5 Å². The quantitative estimate of drug-likeness (QED) is 0.215. The molecule has 3 rings (SSSR count). The third-order valence-corrected chi connectivity index (χ3v) is 5.52. The van der Waals surface area contributed by atoms with Crippen molar-refractivity contribution >= 4 is 63.1 Å². The van der Waals surface area contributed by atoms with Crippen molar-refractivity contribution in [3.8, 4) is 0 Å². The van der Waals surface area contributed by atoms with Gasteiger partial charge in [0.2, 0.25) is 0 Å². The number of hydrogen-bond acceptors (Lipinski definition) is 5. The van der Waals surface area contributed by atoms with Gasteiger partial charge in [-0.25, -0.2) is 4.79 Å². The Morgan fingerprint density at radius 2 is 1.90 bits per heavy atom. The molecule has 0 aliphatic heterocycles. The van der Waals surface area contributed by atoms with Crippen LogP contribution in [0.2, 0.25) is 0 Å². The fraction of sp³-hybridized carbons (Fsp3) is 0.238. The van der Waals surface area contributed by atoms with Crippen LogP contribution in [0.1, 0.15) is 16.5 Å². The van der Waals surface area contributed by atoms with Crippen LogP contribution >= 0.6 is 35.3 Å². The first kappa shape index (κ1) is 23.9. The molecule has 1 amide bonds. The second-order valence-electron chi connectivity index (χ2n) is 6.32. The number of anilines is 1. The molecule has 0 bridgehead atoms. The van der Waals surface area contributed by atoms with E-state index in [0.29, 0.717) is 24.7 Å². The van der Waals surface area contributed by atoms with Gasteiger partial charge in [0.05, 0.1) is 7.11 Å². The van der Waals surface area contributed by atoms with Crippen molar-refractivity contribution in [3.63, 3.8) is 0 Å². The van der Waals surface area contributed by atoms with Crippen molar-refractivity contribution in [2.45, 2.75) is 12.6 Å². The molecule has 1 aromatic heterocycles. The standard InChI is InChI=1S/C21H24N4O3S.HI/c1-22-20(23-12-14-7-9-16(10-8-14)25-21(27)28-2)24-13-17(26)19-11-15-5-3-4-6-18(15)29-19;/h3-11,17,26H,12-13H2,1-2H3,(H,25,27)(H2,22,23,24);1H. The SMILES string of the molecule is CN=C(NCc1ccc(NC(=O)OC)cc1)NCC(O)c1cc2ccccc2s1.I. The fourth-order valence-electron chi connectivity index (χ4n) is 2.74. The number of nitrogens with zero attached hydrogens (tertiary/aromatic N) is 1. The third kappa shape index (κ3) is 6.57. The molecule has 1 heterocycles. The Morgan fingerprint density at radius 1 is 1.17 bits per heavy atom. The van der Waals surface area contributed by atoms with E-state index in [4.69, 9.17) is 0 Å². The molecule has 0 radical (unpaired) electrons. The molecule has 7 nitrogen and oxygen atoms in total. The summed E-state index contributed by atoms with van der Waals surface area (Å²) in [5.41, 5.74) is 1.68. The monoisotopic (exact) mass is 540 g/mol. The van der Waals surface area contributed by atoms with Gasteiger partial charge in [0.25, 0.3) is 0 Å². The number of guanidine groups is 1. The molecule has 0 spiro atoms. The number of rotatable bonds is 6. The summed E-state index contributed by atoms with van der Waals surface area (Å²) in [5.74, 6) is 0.599. The van der Waals surface area contributed by atoms with E-state index in [2.05, 4.69) is 31.7 Å². The molecule has 0 aliphatic rings. The van der Waals surface area contributed by atoms with Crippen molar-refractivity contribution in [2.24, 2.45) is 4.99 Å². The minimum Gasteiger partial charge on any atom is -0.453 e. The number of amides is 1. The Morgan fingerprint density at radius 3 is 2.57 bits per heavy atom. The molecule has 3 aromatic rings. The maximum absolute atomic E-state index is 11.2. The molecule has 0 aliphatic carbocycles. The van der Waals surface area contributed by atoms with Gasteiger partial charge in [-0.05, 0) is 35.2 Å². The van der Waals surface area contributed by atoms with Gasteiger partial charge in [0.15, 0.2) is 5.96 Å². The van der Waals surface area contributed by atoms with Gasteiger partial charge in [-0.1, -0.05) is 30.3 Å². The van der Waals surface area contributed by atoms with E-state index in [1.54, 1.807) is 30.5 Å². The molecule has 160 valence electrons. The van der Waals surface area contributed by atoms with Crippen LogP contribution in [-0.4, -0.2) is 37.9 Å². The number of nitrogens with one attached hydrogen (secondary N) is 3. The predicted molar refractivity (Wildman–Crippen MR) is 133 cm³/mol.